The van der Waals surface area contributed by atoms with Gasteiger partial charge in [-0.15, -0.1) is 0 Å². The number of hydrogen-bond acceptors (Lipinski definition) is 2. The van der Waals surface area contributed by atoms with Crippen molar-refractivity contribution < 1.29 is 5.11 Å². The lowest BCUT2D eigenvalue weighted by Gasteiger charge is -2.26. The van der Waals surface area contributed by atoms with E-state index in [4.69, 9.17) is 0 Å². The van der Waals surface area contributed by atoms with E-state index in [-0.39, 0.29) is 6.61 Å². The number of aliphatic hydroxyl groups is 1. The molecular weight excluding hydrogens is 246 g/mol. The molecule has 0 bridgehead atoms. The average molecular weight is 267 g/mol. The van der Waals surface area contributed by atoms with Crippen LogP contribution in [-0.2, 0) is 26.0 Å². The van der Waals surface area contributed by atoms with Gasteiger partial charge in [0.2, 0.25) is 0 Å². The molecule has 2 aromatic carbocycles. The van der Waals surface area contributed by atoms with E-state index in [1.165, 1.54) is 23.1 Å². The second-order valence-corrected chi connectivity index (χ2v) is 5.52. The standard InChI is InChI=1S/C18H21NO/c20-13-17-8-4-3-7-16(17)12-19-18-10-9-14-5-1-2-6-15(14)11-18/h1-8,18-20H,9-13H2. The molecule has 1 unspecified atom stereocenters. The van der Waals surface area contributed by atoms with E-state index in [2.05, 4.69) is 35.6 Å². The van der Waals surface area contributed by atoms with Crippen LogP contribution in [-0.4, -0.2) is 11.1 Å². The summed E-state index contributed by atoms with van der Waals surface area (Å²) in [4.78, 5) is 0. The minimum atomic E-state index is 0.116. The first-order valence-corrected chi connectivity index (χ1v) is 7.34. The molecule has 1 atom stereocenters. The van der Waals surface area contributed by atoms with Gasteiger partial charge in [0.15, 0.2) is 0 Å². The fourth-order valence-electron chi connectivity index (χ4n) is 3.01. The maximum atomic E-state index is 9.36. The van der Waals surface area contributed by atoms with Crippen LogP contribution in [0.4, 0.5) is 0 Å². The third kappa shape index (κ3) is 2.92. The van der Waals surface area contributed by atoms with E-state index in [1.54, 1.807) is 0 Å². The van der Waals surface area contributed by atoms with Gasteiger partial charge in [-0.25, -0.2) is 0 Å². The Morgan fingerprint density at radius 1 is 0.950 bits per heavy atom. The summed E-state index contributed by atoms with van der Waals surface area (Å²) in [6.45, 7) is 0.953. The lowest BCUT2D eigenvalue weighted by molar-refractivity contribution is 0.280. The Balaban J connectivity index is 1.63. The first-order chi connectivity index (χ1) is 9.86. The van der Waals surface area contributed by atoms with Crippen molar-refractivity contribution in [2.24, 2.45) is 0 Å². The highest BCUT2D eigenvalue weighted by Crippen LogP contribution is 2.21. The molecule has 1 aliphatic carbocycles. The third-order valence-corrected chi connectivity index (χ3v) is 4.22. The van der Waals surface area contributed by atoms with Crippen LogP contribution in [0.3, 0.4) is 0 Å². The molecule has 0 aliphatic heterocycles. The van der Waals surface area contributed by atoms with Gasteiger partial charge in [0.25, 0.3) is 0 Å². The Bertz CT molecular complexity index is 579. The van der Waals surface area contributed by atoms with Gasteiger partial charge in [0, 0.05) is 12.6 Å². The third-order valence-electron chi connectivity index (χ3n) is 4.22. The van der Waals surface area contributed by atoms with Crippen molar-refractivity contribution in [2.45, 2.75) is 38.5 Å². The molecule has 0 heterocycles. The van der Waals surface area contributed by atoms with Crippen LogP contribution in [0.15, 0.2) is 48.5 Å². The number of rotatable bonds is 4. The van der Waals surface area contributed by atoms with E-state index >= 15 is 0 Å². The highest BCUT2D eigenvalue weighted by atomic mass is 16.3. The van der Waals surface area contributed by atoms with Crippen molar-refractivity contribution in [1.82, 2.24) is 5.32 Å². The van der Waals surface area contributed by atoms with Crippen LogP contribution in [0.25, 0.3) is 0 Å². The molecule has 2 heteroatoms. The monoisotopic (exact) mass is 267 g/mol. The molecule has 2 nitrogen and oxygen atoms in total. The summed E-state index contributed by atoms with van der Waals surface area (Å²) >= 11 is 0. The Kier molecular flexibility index (Phi) is 4.14. The summed E-state index contributed by atoms with van der Waals surface area (Å²) in [6.07, 6.45) is 3.46. The van der Waals surface area contributed by atoms with Crippen LogP contribution < -0.4 is 5.32 Å². The summed E-state index contributed by atoms with van der Waals surface area (Å²) in [5, 5.41) is 13.0. The predicted molar refractivity (Wildman–Crippen MR) is 81.5 cm³/mol. The summed E-state index contributed by atoms with van der Waals surface area (Å²) in [6, 6.07) is 17.4. The Morgan fingerprint density at radius 2 is 1.65 bits per heavy atom. The van der Waals surface area contributed by atoms with Crippen LogP contribution in [0, 0.1) is 0 Å². The van der Waals surface area contributed by atoms with Gasteiger partial charge >= 0.3 is 0 Å². The summed E-state index contributed by atoms with van der Waals surface area (Å²) in [5.41, 5.74) is 5.21. The van der Waals surface area contributed by atoms with Gasteiger partial charge in [0.05, 0.1) is 6.61 Å². The molecule has 20 heavy (non-hydrogen) atoms. The van der Waals surface area contributed by atoms with Crippen LogP contribution >= 0.6 is 0 Å². The van der Waals surface area contributed by atoms with Gasteiger partial charge < -0.3 is 10.4 Å². The van der Waals surface area contributed by atoms with Gasteiger partial charge in [-0.2, -0.15) is 0 Å². The molecule has 0 amide bonds. The molecule has 1 aliphatic rings. The second kappa shape index (κ2) is 6.21. The molecule has 0 fully saturated rings. The lowest BCUT2D eigenvalue weighted by Crippen LogP contribution is -2.34. The van der Waals surface area contributed by atoms with E-state index < -0.39 is 0 Å². The van der Waals surface area contributed by atoms with Crippen LogP contribution in [0.5, 0.6) is 0 Å². The SMILES string of the molecule is OCc1ccccc1CNC1CCc2ccccc2C1. The van der Waals surface area contributed by atoms with E-state index in [0.717, 1.165) is 24.9 Å². The number of nitrogens with one attached hydrogen (secondary N) is 1. The minimum absolute atomic E-state index is 0.116. The first-order valence-electron chi connectivity index (χ1n) is 7.34. The molecule has 3 rings (SSSR count). The molecule has 0 aromatic heterocycles. The van der Waals surface area contributed by atoms with Crippen molar-refractivity contribution in [3.63, 3.8) is 0 Å². The average Bonchev–Trinajstić information content (AvgIpc) is 2.53. The Hall–Kier alpha value is -1.64. The smallest absolute Gasteiger partial charge is 0.0685 e. The van der Waals surface area contributed by atoms with Crippen LogP contribution in [0.1, 0.15) is 28.7 Å². The summed E-state index contributed by atoms with van der Waals surface area (Å²) in [7, 11) is 0. The maximum Gasteiger partial charge on any atom is 0.0685 e. The largest absolute Gasteiger partial charge is 0.392 e. The molecule has 0 saturated carbocycles. The quantitative estimate of drug-likeness (QED) is 0.893. The Labute approximate surface area is 120 Å². The molecule has 0 radical (unpaired) electrons. The van der Waals surface area contributed by atoms with Crippen molar-refractivity contribution >= 4 is 0 Å². The van der Waals surface area contributed by atoms with Crippen molar-refractivity contribution in [3.8, 4) is 0 Å². The van der Waals surface area contributed by atoms with E-state index in [9.17, 15) is 5.11 Å². The normalized spacial score (nSPS) is 17.8. The molecule has 0 spiro atoms. The molecule has 104 valence electrons. The number of fused-ring (bicyclic) bond motifs is 1. The van der Waals surface area contributed by atoms with E-state index in [1.807, 2.05) is 18.2 Å². The second-order valence-electron chi connectivity index (χ2n) is 5.52. The zero-order valence-corrected chi connectivity index (χ0v) is 11.7. The van der Waals surface area contributed by atoms with Gasteiger partial charge in [0.1, 0.15) is 0 Å². The number of aryl methyl sites for hydroxylation is 1. The topological polar surface area (TPSA) is 32.3 Å². The fraction of sp³-hybridized carbons (Fsp3) is 0.333. The predicted octanol–water partition coefficient (Wildman–Crippen LogP) is 2.83. The van der Waals surface area contributed by atoms with Crippen molar-refractivity contribution in [3.05, 3.63) is 70.8 Å². The minimum Gasteiger partial charge on any atom is -0.392 e. The number of benzene rings is 2. The zero-order chi connectivity index (χ0) is 13.8. The lowest BCUT2D eigenvalue weighted by atomic mass is 9.88. The highest BCUT2D eigenvalue weighted by Gasteiger charge is 2.17. The molecular formula is C18H21NO. The molecule has 0 saturated heterocycles. The molecule has 2 N–H and O–H groups in total. The summed E-state index contributed by atoms with van der Waals surface area (Å²) < 4.78 is 0. The maximum absolute atomic E-state index is 9.36. The van der Waals surface area contributed by atoms with Crippen LogP contribution in [0.2, 0.25) is 0 Å². The van der Waals surface area contributed by atoms with Crippen molar-refractivity contribution in [2.75, 3.05) is 0 Å². The molecule has 2 aromatic rings. The van der Waals surface area contributed by atoms with Crippen molar-refractivity contribution in [1.29, 1.82) is 0 Å². The number of aliphatic hydroxyl groups excluding tert-OH is 1. The van der Waals surface area contributed by atoms with Gasteiger partial charge in [-0.1, -0.05) is 48.5 Å². The summed E-state index contributed by atoms with van der Waals surface area (Å²) in [5.74, 6) is 0. The highest BCUT2D eigenvalue weighted by molar-refractivity contribution is 5.31. The van der Waals surface area contributed by atoms with Gasteiger partial charge in [-0.05, 0) is 41.5 Å². The Morgan fingerprint density at radius 3 is 2.45 bits per heavy atom. The van der Waals surface area contributed by atoms with Gasteiger partial charge in [-0.3, -0.25) is 0 Å². The first kappa shape index (κ1) is 13.3. The fourth-order valence-corrected chi connectivity index (χ4v) is 3.01. The zero-order valence-electron chi connectivity index (χ0n) is 11.7. The number of hydrogen-bond donors (Lipinski definition) is 2. The van der Waals surface area contributed by atoms with E-state index in [0.29, 0.717) is 6.04 Å².